The van der Waals surface area contributed by atoms with Crippen LogP contribution >= 0.6 is 0 Å². The first kappa shape index (κ1) is 11.4. The fourth-order valence-electron chi connectivity index (χ4n) is 0. The molecule has 0 amide bonds. The average Bonchev–Trinajstić information content (AvgIpc) is 1.65. The van der Waals surface area contributed by atoms with Gasteiger partial charge < -0.3 is 10.2 Å². The average molecular weight is 150 g/mol. The van der Waals surface area contributed by atoms with Crippen molar-refractivity contribution in [1.29, 1.82) is 0 Å². The zero-order valence-electron chi connectivity index (χ0n) is 6.09. The Balaban J connectivity index is 0. The van der Waals surface area contributed by atoms with Crippen LogP contribution in [0.15, 0.2) is 0 Å². The van der Waals surface area contributed by atoms with E-state index in [1.807, 2.05) is 0 Å². The van der Waals surface area contributed by atoms with Gasteiger partial charge in [0.1, 0.15) is 0 Å². The van der Waals surface area contributed by atoms with Crippen molar-refractivity contribution in [3.63, 3.8) is 0 Å². The minimum absolute atomic E-state index is 0.444. The molecule has 9 heavy (non-hydrogen) atoms. The van der Waals surface area contributed by atoms with Gasteiger partial charge >= 0.3 is 0 Å². The van der Waals surface area contributed by atoms with E-state index in [-0.39, 0.29) is 0 Å². The van der Waals surface area contributed by atoms with E-state index in [9.17, 15) is 0 Å². The highest BCUT2D eigenvalue weighted by molar-refractivity contribution is 6.55. The van der Waals surface area contributed by atoms with Crippen LogP contribution in [-0.4, -0.2) is 31.2 Å². The number of aliphatic carboxylic acids is 1. The molecule has 3 nitrogen and oxygen atoms in total. The lowest BCUT2D eigenvalue weighted by Gasteiger charge is -1.87. The van der Waals surface area contributed by atoms with Gasteiger partial charge in [-0.05, 0) is 0 Å². The Labute approximate surface area is 56.9 Å². The van der Waals surface area contributed by atoms with Gasteiger partial charge in [-0.3, -0.25) is 4.79 Å². The highest BCUT2D eigenvalue weighted by atomic mass is 28.3. The molecule has 0 aliphatic heterocycles. The highest BCUT2D eigenvalue weighted by Crippen LogP contribution is 1.69. The van der Waals surface area contributed by atoms with E-state index >= 15 is 0 Å². The van der Waals surface area contributed by atoms with Gasteiger partial charge in [0.2, 0.25) is 0 Å². The third-order valence-corrected chi connectivity index (χ3v) is 1.10. The number of aliphatic hydroxyl groups excluding tert-OH is 1. The fraction of sp³-hybridized carbons (Fsp3) is 0.800. The molecule has 2 N–H and O–H groups in total. The second kappa shape index (κ2) is 7.65. The number of carboxylic acid groups (broad SMARTS) is 1. The van der Waals surface area contributed by atoms with Crippen molar-refractivity contribution < 1.29 is 15.0 Å². The summed E-state index contributed by atoms with van der Waals surface area (Å²) in [4.78, 5) is 9.00. The molecule has 0 fully saturated rings. The van der Waals surface area contributed by atoms with E-state index in [2.05, 4.69) is 13.1 Å². The lowest BCUT2D eigenvalue weighted by atomic mass is 10.9. The smallest absolute Gasteiger partial charge is 0.300 e. The van der Waals surface area contributed by atoms with Crippen LogP contribution in [0.25, 0.3) is 0 Å². The maximum Gasteiger partial charge on any atom is 0.300 e. The second-order valence-electron chi connectivity index (χ2n) is 2.10. The number of carbonyl (C=O) groups is 1. The molecular weight excluding hydrogens is 136 g/mol. The van der Waals surface area contributed by atoms with E-state index in [0.717, 1.165) is 6.92 Å². The summed E-state index contributed by atoms with van der Waals surface area (Å²) < 4.78 is 0. The molecule has 0 aliphatic carbocycles. The summed E-state index contributed by atoms with van der Waals surface area (Å²) >= 11 is 0. The molecule has 0 aromatic heterocycles. The van der Waals surface area contributed by atoms with Crippen LogP contribution in [0.3, 0.4) is 0 Å². The van der Waals surface area contributed by atoms with Crippen molar-refractivity contribution in [3.05, 3.63) is 0 Å². The van der Waals surface area contributed by atoms with E-state index in [1.54, 1.807) is 0 Å². The molecule has 56 valence electrons. The molecule has 4 heteroatoms. The molecule has 0 atom stereocenters. The lowest BCUT2D eigenvalue weighted by molar-refractivity contribution is -0.134. The van der Waals surface area contributed by atoms with Crippen LogP contribution in [0, 0.1) is 0 Å². The number of carboxylic acids is 1. The van der Waals surface area contributed by atoms with Crippen molar-refractivity contribution in [3.8, 4) is 0 Å². The van der Waals surface area contributed by atoms with Gasteiger partial charge in [0.15, 0.2) is 0 Å². The minimum atomic E-state index is -0.833. The molecule has 0 spiro atoms. The van der Waals surface area contributed by atoms with Crippen LogP contribution in [-0.2, 0) is 4.79 Å². The summed E-state index contributed by atoms with van der Waals surface area (Å²) in [7, 11) is -0.594. The van der Waals surface area contributed by atoms with E-state index in [4.69, 9.17) is 15.0 Å². The molecule has 0 rings (SSSR count). The molecular formula is C5H14O3Si. The van der Waals surface area contributed by atoms with Gasteiger partial charge in [-0.25, -0.2) is 0 Å². The van der Waals surface area contributed by atoms with Crippen molar-refractivity contribution in [1.82, 2.24) is 0 Å². The van der Waals surface area contributed by atoms with Gasteiger partial charge in [0.25, 0.3) is 5.97 Å². The topological polar surface area (TPSA) is 57.5 Å². The molecule has 0 bridgehead atoms. The largest absolute Gasteiger partial charge is 0.481 e. The maximum atomic E-state index is 9.00. The summed E-state index contributed by atoms with van der Waals surface area (Å²) in [6, 6.07) is 0. The third kappa shape index (κ3) is 89.9. The molecule has 0 radical (unpaired) electrons. The van der Waals surface area contributed by atoms with Gasteiger partial charge in [-0.15, -0.1) is 0 Å². The van der Waals surface area contributed by atoms with E-state index < -0.39 is 14.8 Å². The summed E-state index contributed by atoms with van der Waals surface area (Å²) in [5.41, 5.74) is 0. The molecule has 0 unspecified atom stereocenters. The Morgan fingerprint density at radius 2 is 1.67 bits per heavy atom. The first-order valence-corrected chi connectivity index (χ1v) is 5.93. The summed E-state index contributed by atoms with van der Waals surface area (Å²) in [6.45, 7) is 5.31. The van der Waals surface area contributed by atoms with Crippen LogP contribution in [0.5, 0.6) is 0 Å². The monoisotopic (exact) mass is 150 g/mol. The predicted octanol–water partition coefficient (Wildman–Crippen LogP) is 0.0955. The predicted molar refractivity (Wildman–Crippen MR) is 39.3 cm³/mol. The standard InChI is InChI=1S/C3H10OSi.C2H4O2/c1-5(2)3-4;1-2(3)4/h4-5H,3H2,1-2H3;1H3,(H,3,4). The Morgan fingerprint density at radius 1 is 1.56 bits per heavy atom. The second-order valence-corrected chi connectivity index (χ2v) is 5.25. The van der Waals surface area contributed by atoms with Gasteiger partial charge in [-0.2, -0.15) is 0 Å². The number of aliphatic hydroxyl groups is 1. The molecule has 0 heterocycles. The fourth-order valence-corrected chi connectivity index (χ4v) is 0. The maximum absolute atomic E-state index is 9.00. The first-order valence-electron chi connectivity index (χ1n) is 2.81. The van der Waals surface area contributed by atoms with Crippen LogP contribution in [0.4, 0.5) is 0 Å². The van der Waals surface area contributed by atoms with Crippen LogP contribution < -0.4 is 0 Å². The first-order chi connectivity index (χ1) is 4.00. The molecule has 0 saturated carbocycles. The van der Waals surface area contributed by atoms with Crippen molar-refractivity contribution in [2.45, 2.75) is 20.0 Å². The summed E-state index contributed by atoms with van der Waals surface area (Å²) in [5.74, 6) is -0.833. The third-order valence-electron chi connectivity index (χ3n) is 0.365. The molecule has 0 aromatic rings. The van der Waals surface area contributed by atoms with E-state index in [0.29, 0.717) is 6.23 Å². The summed E-state index contributed by atoms with van der Waals surface area (Å²) in [6.07, 6.45) is 0.444. The van der Waals surface area contributed by atoms with Gasteiger partial charge in [0.05, 0.1) is 8.80 Å². The SMILES string of the molecule is CC(=O)O.C[SiH](C)CO. The minimum Gasteiger partial charge on any atom is -0.481 e. The van der Waals surface area contributed by atoms with Crippen LogP contribution in [0.2, 0.25) is 13.1 Å². The lowest BCUT2D eigenvalue weighted by Crippen LogP contribution is -2.05. The normalized spacial score (nSPS) is 8.11. The Kier molecular flexibility index (Phi) is 9.72. The van der Waals surface area contributed by atoms with Crippen molar-refractivity contribution >= 4 is 14.8 Å². The number of hydrogen-bond acceptors (Lipinski definition) is 2. The number of hydrogen-bond donors (Lipinski definition) is 2. The molecule has 0 saturated heterocycles. The van der Waals surface area contributed by atoms with E-state index in [1.165, 1.54) is 0 Å². The highest BCUT2D eigenvalue weighted by Gasteiger charge is 1.84. The zero-order chi connectivity index (χ0) is 7.86. The summed E-state index contributed by atoms with van der Waals surface area (Å²) in [5, 5.41) is 15.6. The molecule has 0 aliphatic rings. The van der Waals surface area contributed by atoms with Gasteiger partial charge in [-0.1, -0.05) is 13.1 Å². The van der Waals surface area contributed by atoms with Gasteiger partial charge in [0, 0.05) is 13.2 Å². The quantitative estimate of drug-likeness (QED) is 0.521. The van der Waals surface area contributed by atoms with Crippen molar-refractivity contribution in [2.24, 2.45) is 0 Å². The zero-order valence-corrected chi connectivity index (χ0v) is 7.24. The Hall–Kier alpha value is -0.353. The Morgan fingerprint density at radius 3 is 1.67 bits per heavy atom. The van der Waals surface area contributed by atoms with Crippen molar-refractivity contribution in [2.75, 3.05) is 6.23 Å². The Bertz CT molecular complexity index is 68.6. The van der Waals surface area contributed by atoms with Crippen LogP contribution in [0.1, 0.15) is 6.92 Å². The number of rotatable bonds is 1. The molecule has 0 aromatic carbocycles.